The summed E-state index contributed by atoms with van der Waals surface area (Å²) in [4.78, 5) is 11.1. The van der Waals surface area contributed by atoms with Gasteiger partial charge in [0.1, 0.15) is 11.1 Å². The van der Waals surface area contributed by atoms with E-state index in [1.165, 1.54) is 6.92 Å². The summed E-state index contributed by atoms with van der Waals surface area (Å²) in [6.45, 7) is 4.00. The number of halogens is 2. The molecule has 1 unspecified atom stereocenters. The van der Waals surface area contributed by atoms with Gasteiger partial charge >= 0.3 is 0 Å². The minimum absolute atomic E-state index is 0.0623. The van der Waals surface area contributed by atoms with E-state index in [4.69, 9.17) is 16.3 Å². The van der Waals surface area contributed by atoms with Crippen LogP contribution in [0.15, 0.2) is 22.7 Å². The zero-order valence-corrected chi connectivity index (χ0v) is 10.9. The average Bonchev–Trinajstić information content (AvgIpc) is 2.20. The van der Waals surface area contributed by atoms with Crippen LogP contribution >= 0.6 is 27.5 Å². The Bertz CT molecular complexity index is 366. The third-order valence-electron chi connectivity index (χ3n) is 1.91. The molecule has 0 heterocycles. The predicted molar refractivity (Wildman–Crippen MR) is 64.6 cm³/mol. The Balaban J connectivity index is 2.95. The van der Waals surface area contributed by atoms with E-state index in [2.05, 4.69) is 15.9 Å². The lowest BCUT2D eigenvalue weighted by atomic mass is 10.1. The number of ether oxygens (including phenoxy) is 1. The van der Waals surface area contributed by atoms with Crippen molar-refractivity contribution in [3.8, 4) is 5.75 Å². The standard InChI is InChI=1S/C11H12BrClO2/c1-3-15-10-5-4-8(6-9(10)12)11(13)7(2)14/h4-6,11H,3H2,1-2H3. The predicted octanol–water partition coefficient (Wildman–Crippen LogP) is 3.72. The van der Waals surface area contributed by atoms with Crippen LogP contribution in [0.3, 0.4) is 0 Å². The summed E-state index contributed by atoms with van der Waals surface area (Å²) in [7, 11) is 0. The van der Waals surface area contributed by atoms with Crippen LogP contribution in [0.1, 0.15) is 24.8 Å². The van der Waals surface area contributed by atoms with Gasteiger partial charge in [0, 0.05) is 0 Å². The van der Waals surface area contributed by atoms with Crippen molar-refractivity contribution < 1.29 is 9.53 Å². The Kier molecular flexibility index (Phi) is 4.61. The second-order valence-corrected chi connectivity index (χ2v) is 4.39. The number of Topliss-reactive ketones (excluding diaryl/α,β-unsaturated/α-hetero) is 1. The summed E-state index contributed by atoms with van der Waals surface area (Å²) < 4.78 is 6.17. The van der Waals surface area contributed by atoms with Gasteiger partial charge in [-0.1, -0.05) is 6.07 Å². The maximum absolute atomic E-state index is 11.1. The molecule has 0 saturated heterocycles. The normalized spacial score (nSPS) is 12.3. The van der Waals surface area contributed by atoms with E-state index in [9.17, 15) is 4.79 Å². The molecule has 4 heteroatoms. The Morgan fingerprint density at radius 1 is 1.60 bits per heavy atom. The maximum Gasteiger partial charge on any atom is 0.152 e. The molecule has 15 heavy (non-hydrogen) atoms. The fourth-order valence-corrected chi connectivity index (χ4v) is 1.83. The Hall–Kier alpha value is -0.540. The topological polar surface area (TPSA) is 26.3 Å². The molecule has 1 atom stereocenters. The van der Waals surface area contributed by atoms with Crippen molar-refractivity contribution >= 4 is 33.3 Å². The highest BCUT2D eigenvalue weighted by molar-refractivity contribution is 9.10. The Labute approximate surface area is 103 Å². The van der Waals surface area contributed by atoms with Gasteiger partial charge in [-0.15, -0.1) is 11.6 Å². The highest BCUT2D eigenvalue weighted by atomic mass is 79.9. The smallest absolute Gasteiger partial charge is 0.152 e. The van der Waals surface area contributed by atoms with Gasteiger partial charge in [-0.25, -0.2) is 0 Å². The minimum atomic E-state index is -0.586. The molecule has 0 fully saturated rings. The number of hydrogen-bond donors (Lipinski definition) is 0. The van der Waals surface area contributed by atoms with Crippen LogP contribution in [0.4, 0.5) is 0 Å². The van der Waals surface area contributed by atoms with Crippen LogP contribution in [-0.2, 0) is 4.79 Å². The first-order valence-electron chi connectivity index (χ1n) is 4.63. The molecule has 0 spiro atoms. The van der Waals surface area contributed by atoms with Crippen molar-refractivity contribution in [1.29, 1.82) is 0 Å². The van der Waals surface area contributed by atoms with Crippen molar-refractivity contribution in [3.05, 3.63) is 28.2 Å². The molecule has 82 valence electrons. The highest BCUT2D eigenvalue weighted by Crippen LogP contribution is 2.30. The minimum Gasteiger partial charge on any atom is -0.493 e. The molecule has 2 nitrogen and oxygen atoms in total. The number of carbonyl (C=O) groups is 1. The molecule has 0 aromatic heterocycles. The molecule has 0 N–H and O–H groups in total. The highest BCUT2D eigenvalue weighted by Gasteiger charge is 2.14. The largest absolute Gasteiger partial charge is 0.493 e. The lowest BCUT2D eigenvalue weighted by molar-refractivity contribution is -0.116. The van der Waals surface area contributed by atoms with Crippen molar-refractivity contribution in [2.45, 2.75) is 19.2 Å². The number of carbonyl (C=O) groups excluding carboxylic acids is 1. The van der Waals surface area contributed by atoms with Gasteiger partial charge in [0.2, 0.25) is 0 Å². The third-order valence-corrected chi connectivity index (χ3v) is 3.08. The van der Waals surface area contributed by atoms with Gasteiger partial charge < -0.3 is 4.74 Å². The molecule has 0 aliphatic heterocycles. The number of hydrogen-bond acceptors (Lipinski definition) is 2. The summed E-state index contributed by atoms with van der Waals surface area (Å²) in [6.07, 6.45) is 0. The van der Waals surface area contributed by atoms with Gasteiger partial charge in [0.25, 0.3) is 0 Å². The Morgan fingerprint density at radius 3 is 2.73 bits per heavy atom. The van der Waals surface area contributed by atoms with E-state index in [1.807, 2.05) is 13.0 Å². The molecule has 1 aromatic rings. The van der Waals surface area contributed by atoms with E-state index in [0.717, 1.165) is 15.8 Å². The number of alkyl halides is 1. The van der Waals surface area contributed by atoms with Gasteiger partial charge in [-0.2, -0.15) is 0 Å². The molecule has 1 aromatic carbocycles. The van der Waals surface area contributed by atoms with Crippen LogP contribution in [0.5, 0.6) is 5.75 Å². The molecule has 0 aliphatic rings. The molecular formula is C11H12BrClO2. The van der Waals surface area contributed by atoms with E-state index >= 15 is 0 Å². The van der Waals surface area contributed by atoms with Crippen molar-refractivity contribution in [3.63, 3.8) is 0 Å². The first kappa shape index (κ1) is 12.5. The lowest BCUT2D eigenvalue weighted by Crippen LogP contribution is -2.02. The van der Waals surface area contributed by atoms with E-state index in [1.54, 1.807) is 12.1 Å². The third kappa shape index (κ3) is 3.21. The van der Waals surface area contributed by atoms with Gasteiger partial charge in [-0.3, -0.25) is 4.79 Å². The quantitative estimate of drug-likeness (QED) is 0.790. The molecule has 0 radical (unpaired) electrons. The van der Waals surface area contributed by atoms with Crippen molar-refractivity contribution in [2.24, 2.45) is 0 Å². The van der Waals surface area contributed by atoms with Crippen LogP contribution < -0.4 is 4.74 Å². The van der Waals surface area contributed by atoms with Crippen LogP contribution in [0, 0.1) is 0 Å². The summed E-state index contributed by atoms with van der Waals surface area (Å²) in [6, 6.07) is 5.42. The first-order chi connectivity index (χ1) is 7.06. The molecule has 0 bridgehead atoms. The van der Waals surface area contributed by atoms with Crippen molar-refractivity contribution in [2.75, 3.05) is 6.61 Å². The van der Waals surface area contributed by atoms with Gasteiger partial charge in [0.05, 0.1) is 11.1 Å². The number of rotatable bonds is 4. The van der Waals surface area contributed by atoms with Gasteiger partial charge in [-0.05, 0) is 47.5 Å². The fourth-order valence-electron chi connectivity index (χ4n) is 1.18. The monoisotopic (exact) mass is 290 g/mol. The summed E-state index contributed by atoms with van der Waals surface area (Å²) >= 11 is 9.30. The summed E-state index contributed by atoms with van der Waals surface area (Å²) in [5, 5.41) is -0.586. The van der Waals surface area contributed by atoms with Gasteiger partial charge in [0.15, 0.2) is 5.78 Å². The Morgan fingerprint density at radius 2 is 2.27 bits per heavy atom. The first-order valence-corrected chi connectivity index (χ1v) is 5.86. The second kappa shape index (κ2) is 5.52. The zero-order valence-electron chi connectivity index (χ0n) is 8.59. The molecule has 0 saturated carbocycles. The van der Waals surface area contributed by atoms with E-state index in [0.29, 0.717) is 6.61 Å². The van der Waals surface area contributed by atoms with Crippen molar-refractivity contribution in [1.82, 2.24) is 0 Å². The summed E-state index contributed by atoms with van der Waals surface area (Å²) in [5.41, 5.74) is 0.777. The fraction of sp³-hybridized carbons (Fsp3) is 0.364. The van der Waals surface area contributed by atoms with E-state index in [-0.39, 0.29) is 5.78 Å². The molecule has 0 aliphatic carbocycles. The molecular weight excluding hydrogens is 279 g/mol. The molecule has 1 rings (SSSR count). The SMILES string of the molecule is CCOc1ccc(C(Cl)C(C)=O)cc1Br. The van der Waals surface area contributed by atoms with Crippen LogP contribution in [0.2, 0.25) is 0 Å². The molecule has 0 amide bonds. The summed E-state index contributed by atoms with van der Waals surface area (Å²) in [5.74, 6) is 0.696. The second-order valence-electron chi connectivity index (χ2n) is 3.10. The number of benzene rings is 1. The maximum atomic E-state index is 11.1. The van der Waals surface area contributed by atoms with E-state index < -0.39 is 5.38 Å². The average molecular weight is 292 g/mol. The lowest BCUT2D eigenvalue weighted by Gasteiger charge is -2.10. The number of ketones is 1. The van der Waals surface area contributed by atoms with Crippen LogP contribution in [-0.4, -0.2) is 12.4 Å². The zero-order chi connectivity index (χ0) is 11.4. The van der Waals surface area contributed by atoms with Crippen LogP contribution in [0.25, 0.3) is 0 Å².